The highest BCUT2D eigenvalue weighted by atomic mass is 16.1. The summed E-state index contributed by atoms with van der Waals surface area (Å²) in [5.41, 5.74) is 1.09. The zero-order valence-electron chi connectivity index (χ0n) is 12.0. The maximum atomic E-state index is 11.3. The molecule has 0 fully saturated rings. The van der Waals surface area contributed by atoms with Gasteiger partial charge >= 0.3 is 5.69 Å². The van der Waals surface area contributed by atoms with Crippen molar-refractivity contribution in [2.24, 2.45) is 7.05 Å². The number of aryl methyl sites for hydroxylation is 1. The van der Waals surface area contributed by atoms with Gasteiger partial charge in [-0.3, -0.25) is 4.57 Å². The van der Waals surface area contributed by atoms with Crippen LogP contribution < -0.4 is 11.0 Å². The predicted molar refractivity (Wildman–Crippen MR) is 76.0 cm³/mol. The summed E-state index contributed by atoms with van der Waals surface area (Å²) in [6.45, 7) is 10.7. The highest BCUT2D eigenvalue weighted by molar-refractivity contribution is 5.82. The fourth-order valence-electron chi connectivity index (χ4n) is 1.33. The number of H-pyrrole nitrogens is 1. The van der Waals surface area contributed by atoms with Crippen LogP contribution >= 0.6 is 0 Å². The van der Waals surface area contributed by atoms with E-state index in [2.05, 4.69) is 20.3 Å². The summed E-state index contributed by atoms with van der Waals surface area (Å²) >= 11 is 0. The fraction of sp³-hybridized carbons (Fsp3) is 0.583. The second kappa shape index (κ2) is 8.27. The van der Waals surface area contributed by atoms with E-state index in [4.69, 9.17) is 0 Å². The predicted octanol–water partition coefficient (Wildman–Crippen LogP) is 2.14. The van der Waals surface area contributed by atoms with Crippen molar-refractivity contribution in [3.05, 3.63) is 16.8 Å². The molecule has 2 heterocycles. The lowest BCUT2D eigenvalue weighted by Crippen LogP contribution is -2.12. The maximum absolute atomic E-state index is 11.3. The van der Waals surface area contributed by atoms with Gasteiger partial charge in [0.1, 0.15) is 11.8 Å². The molecule has 6 nitrogen and oxygen atoms in total. The van der Waals surface area contributed by atoms with Crippen LogP contribution in [0.15, 0.2) is 11.1 Å². The van der Waals surface area contributed by atoms with Gasteiger partial charge in [0.2, 0.25) is 0 Å². The first-order chi connectivity index (χ1) is 8.74. The smallest absolute Gasteiger partial charge is 0.327 e. The molecule has 6 heteroatoms. The summed E-state index contributed by atoms with van der Waals surface area (Å²) in [6.07, 6.45) is 1.44. The maximum Gasteiger partial charge on any atom is 0.327 e. The van der Waals surface area contributed by atoms with Gasteiger partial charge in [0.05, 0.1) is 0 Å². The number of rotatable bonds is 2. The minimum Gasteiger partial charge on any atom is -0.368 e. The van der Waals surface area contributed by atoms with Crippen LogP contribution in [0.4, 0.5) is 5.82 Å². The Hall–Kier alpha value is -1.85. The van der Waals surface area contributed by atoms with Gasteiger partial charge in [-0.15, -0.1) is 0 Å². The third-order valence-electron chi connectivity index (χ3n) is 2.03. The number of nitrogens with zero attached hydrogens (tertiary/aromatic N) is 3. The molecule has 0 atom stereocenters. The molecule has 2 N–H and O–H groups in total. The number of anilines is 1. The molecule has 2 aromatic heterocycles. The zero-order chi connectivity index (χ0) is 14.1. The Morgan fingerprint density at radius 3 is 2.44 bits per heavy atom. The minimum absolute atomic E-state index is 0.181. The van der Waals surface area contributed by atoms with Crippen LogP contribution in [0.3, 0.4) is 0 Å². The summed E-state index contributed by atoms with van der Waals surface area (Å²) < 4.78 is 1.46. The second-order valence-electron chi connectivity index (χ2n) is 2.94. The van der Waals surface area contributed by atoms with Crippen LogP contribution in [-0.4, -0.2) is 26.1 Å². The van der Waals surface area contributed by atoms with Crippen molar-refractivity contribution in [3.63, 3.8) is 0 Å². The number of nitrogens with one attached hydrogen (secondary N) is 2. The molecule has 0 aliphatic heterocycles. The molecule has 0 amide bonds. The second-order valence-corrected chi connectivity index (χ2v) is 2.94. The first kappa shape index (κ1) is 16.1. The average molecular weight is 253 g/mol. The normalized spacial score (nSPS) is 9.00. The number of hydrogen-bond donors (Lipinski definition) is 2. The molecule has 0 aromatic carbocycles. The Bertz CT molecular complexity index is 515. The van der Waals surface area contributed by atoms with Gasteiger partial charge in [-0.1, -0.05) is 27.7 Å². The standard InChI is InChI=1S/C8H11N5O.2C2H6/c1-3-9-6-5-7(11-4-10-6)13(2)8(14)12-5;2*1-2/h4H,3H2,1-2H3,(H,12,14)(H,9,10,11);2*1-2H3. The molecule has 102 valence electrons. The van der Waals surface area contributed by atoms with Gasteiger partial charge in [-0.25, -0.2) is 14.8 Å². The molecule has 0 aliphatic rings. The molecule has 2 aromatic rings. The van der Waals surface area contributed by atoms with Crippen LogP contribution in [0, 0.1) is 0 Å². The van der Waals surface area contributed by atoms with Crippen molar-refractivity contribution in [1.29, 1.82) is 0 Å². The Labute approximate surface area is 107 Å². The number of imidazole rings is 1. The van der Waals surface area contributed by atoms with E-state index < -0.39 is 0 Å². The lowest BCUT2D eigenvalue weighted by Gasteiger charge is -2.01. The van der Waals surface area contributed by atoms with E-state index in [0.29, 0.717) is 17.0 Å². The van der Waals surface area contributed by atoms with Gasteiger partial charge < -0.3 is 10.3 Å². The highest BCUT2D eigenvalue weighted by Gasteiger charge is 2.08. The van der Waals surface area contributed by atoms with Crippen molar-refractivity contribution in [3.8, 4) is 0 Å². The van der Waals surface area contributed by atoms with Crippen molar-refractivity contribution in [2.75, 3.05) is 11.9 Å². The summed E-state index contributed by atoms with van der Waals surface area (Å²) in [4.78, 5) is 22.1. The van der Waals surface area contributed by atoms with Crippen molar-refractivity contribution in [1.82, 2.24) is 19.5 Å². The molecular weight excluding hydrogens is 230 g/mol. The Kier molecular flexibility index (Phi) is 7.42. The van der Waals surface area contributed by atoms with Crippen molar-refractivity contribution < 1.29 is 0 Å². The van der Waals surface area contributed by atoms with Gasteiger partial charge in [-0.2, -0.15) is 0 Å². The van der Waals surface area contributed by atoms with Crippen molar-refractivity contribution in [2.45, 2.75) is 34.6 Å². The summed E-state index contributed by atoms with van der Waals surface area (Å²) in [7, 11) is 1.67. The molecular formula is C12H23N5O. The van der Waals surface area contributed by atoms with Crippen LogP contribution in [0.25, 0.3) is 11.2 Å². The summed E-state index contributed by atoms with van der Waals surface area (Å²) in [5, 5.41) is 3.06. The Morgan fingerprint density at radius 1 is 1.28 bits per heavy atom. The van der Waals surface area contributed by atoms with Gasteiger partial charge in [0, 0.05) is 13.6 Å². The van der Waals surface area contributed by atoms with E-state index in [-0.39, 0.29) is 5.69 Å². The Balaban J connectivity index is 0.000000659. The van der Waals surface area contributed by atoms with E-state index in [9.17, 15) is 4.79 Å². The molecule has 0 saturated carbocycles. The highest BCUT2D eigenvalue weighted by Crippen LogP contribution is 2.13. The van der Waals surface area contributed by atoms with E-state index in [1.54, 1.807) is 7.05 Å². The van der Waals surface area contributed by atoms with Crippen LogP contribution in [0.2, 0.25) is 0 Å². The Morgan fingerprint density at radius 2 is 1.89 bits per heavy atom. The number of fused-ring (bicyclic) bond motifs is 1. The zero-order valence-corrected chi connectivity index (χ0v) is 12.0. The molecule has 0 radical (unpaired) electrons. The summed E-state index contributed by atoms with van der Waals surface area (Å²) in [6, 6.07) is 0. The molecule has 0 unspecified atom stereocenters. The average Bonchev–Trinajstić information content (AvgIpc) is 2.72. The third kappa shape index (κ3) is 3.32. The lowest BCUT2D eigenvalue weighted by molar-refractivity contribution is 0.877. The first-order valence-corrected chi connectivity index (χ1v) is 6.37. The lowest BCUT2D eigenvalue weighted by atomic mass is 10.5. The minimum atomic E-state index is -0.181. The monoisotopic (exact) mass is 253 g/mol. The van der Waals surface area contributed by atoms with Crippen molar-refractivity contribution >= 4 is 17.0 Å². The summed E-state index contributed by atoms with van der Waals surface area (Å²) in [5.74, 6) is 0.662. The molecule has 0 spiro atoms. The number of aromatic amines is 1. The third-order valence-corrected chi connectivity index (χ3v) is 2.03. The SMILES string of the molecule is CC.CC.CCNc1ncnc2c1[nH]c(=O)n2C. The molecule has 2 rings (SSSR count). The van der Waals surface area contributed by atoms with Gasteiger partial charge in [-0.05, 0) is 6.92 Å². The topological polar surface area (TPSA) is 75.6 Å². The van der Waals surface area contributed by atoms with E-state index in [1.165, 1.54) is 10.9 Å². The first-order valence-electron chi connectivity index (χ1n) is 6.37. The van der Waals surface area contributed by atoms with Crippen LogP contribution in [0.1, 0.15) is 34.6 Å². The van der Waals surface area contributed by atoms with Crippen LogP contribution in [-0.2, 0) is 7.05 Å². The largest absolute Gasteiger partial charge is 0.368 e. The molecule has 0 bridgehead atoms. The van der Waals surface area contributed by atoms with Crippen LogP contribution in [0.5, 0.6) is 0 Å². The number of aromatic nitrogens is 4. The quantitative estimate of drug-likeness (QED) is 0.859. The molecule has 0 aliphatic carbocycles. The van der Waals surface area contributed by atoms with Gasteiger partial charge in [0.25, 0.3) is 0 Å². The van der Waals surface area contributed by atoms with E-state index in [0.717, 1.165) is 6.54 Å². The van der Waals surface area contributed by atoms with E-state index >= 15 is 0 Å². The van der Waals surface area contributed by atoms with Gasteiger partial charge in [0.15, 0.2) is 11.5 Å². The molecule has 18 heavy (non-hydrogen) atoms. The van der Waals surface area contributed by atoms with E-state index in [1.807, 2.05) is 34.6 Å². The fourth-order valence-corrected chi connectivity index (χ4v) is 1.33. The molecule has 0 saturated heterocycles. The number of hydrogen-bond acceptors (Lipinski definition) is 4.